The summed E-state index contributed by atoms with van der Waals surface area (Å²) in [5, 5.41) is 5.17. The molecule has 0 aromatic heterocycles. The fourth-order valence-electron chi connectivity index (χ4n) is 6.61. The van der Waals surface area contributed by atoms with Crippen LogP contribution in [0.5, 0.6) is 11.5 Å². The van der Waals surface area contributed by atoms with Crippen LogP contribution < -0.4 is 14.8 Å². The van der Waals surface area contributed by atoms with Crippen molar-refractivity contribution in [2.45, 2.75) is 32.3 Å². The Hall–Kier alpha value is -5.03. The van der Waals surface area contributed by atoms with E-state index in [-0.39, 0.29) is 0 Å². The molecule has 43 heavy (non-hydrogen) atoms. The number of hydrogen-bond acceptors (Lipinski definition) is 4. The van der Waals surface area contributed by atoms with Crippen molar-refractivity contribution in [2.75, 3.05) is 19.0 Å². The minimum atomic E-state index is -0.883. The van der Waals surface area contributed by atoms with Gasteiger partial charge in [0.2, 0.25) is 0 Å². The smallest absolute Gasteiger partial charge is 0.411 e. The van der Waals surface area contributed by atoms with Gasteiger partial charge in [0.15, 0.2) is 5.60 Å². The van der Waals surface area contributed by atoms with Gasteiger partial charge in [-0.1, -0.05) is 66.7 Å². The number of carbonyl (C=O) groups is 1. The summed E-state index contributed by atoms with van der Waals surface area (Å²) >= 11 is 0. The highest BCUT2D eigenvalue weighted by atomic mass is 16.5. The molecule has 1 N–H and O–H groups in total. The van der Waals surface area contributed by atoms with Gasteiger partial charge in [-0.3, -0.25) is 5.32 Å². The van der Waals surface area contributed by atoms with Crippen molar-refractivity contribution in [3.8, 4) is 22.6 Å². The third-order valence-corrected chi connectivity index (χ3v) is 8.64. The average molecular weight is 568 g/mol. The quantitative estimate of drug-likeness (QED) is 0.231. The second-order valence-corrected chi connectivity index (χ2v) is 11.1. The highest BCUT2D eigenvalue weighted by Gasteiger charge is 2.40. The normalized spacial score (nSPS) is 16.4. The molecule has 0 bridgehead atoms. The predicted octanol–water partition coefficient (Wildman–Crippen LogP) is 8.84. The van der Waals surface area contributed by atoms with Crippen LogP contribution in [0, 0.1) is 6.92 Å². The lowest BCUT2D eigenvalue weighted by Gasteiger charge is -2.39. The first-order valence-electron chi connectivity index (χ1n) is 14.8. The van der Waals surface area contributed by atoms with E-state index in [1.54, 1.807) is 14.0 Å². The van der Waals surface area contributed by atoms with E-state index in [1.807, 2.05) is 42.5 Å². The van der Waals surface area contributed by atoms with Gasteiger partial charge in [-0.25, -0.2) is 4.79 Å². The number of amides is 1. The maximum Gasteiger partial charge on any atom is 0.411 e. The van der Waals surface area contributed by atoms with E-state index in [1.165, 1.54) is 27.5 Å². The second kappa shape index (κ2) is 10.7. The number of anilines is 1. The Balaban J connectivity index is 1.46. The van der Waals surface area contributed by atoms with Gasteiger partial charge in [0, 0.05) is 27.9 Å². The van der Waals surface area contributed by atoms with E-state index in [9.17, 15) is 4.79 Å². The number of fused-ring (bicyclic) bond motifs is 8. The average Bonchev–Trinajstić information content (AvgIpc) is 3.05. The topological polar surface area (TPSA) is 56.8 Å². The van der Waals surface area contributed by atoms with Crippen LogP contribution in [-0.2, 0) is 23.2 Å². The molecule has 1 aliphatic heterocycles. The molecule has 1 atom stereocenters. The molecule has 2 aliphatic rings. The van der Waals surface area contributed by atoms with Crippen molar-refractivity contribution in [3.05, 3.63) is 130 Å². The summed E-state index contributed by atoms with van der Waals surface area (Å²) in [4.78, 5) is 12.1. The van der Waals surface area contributed by atoms with E-state index in [0.29, 0.717) is 12.3 Å². The molecule has 0 fully saturated rings. The van der Waals surface area contributed by atoms with Gasteiger partial charge in [0.05, 0.1) is 13.7 Å². The lowest BCUT2D eigenvalue weighted by molar-refractivity contribution is 0.162. The molecule has 1 heterocycles. The minimum absolute atomic E-state index is 0.313. The van der Waals surface area contributed by atoms with Crippen LogP contribution in [0.15, 0.2) is 97.1 Å². The summed E-state index contributed by atoms with van der Waals surface area (Å²) < 4.78 is 18.2. The summed E-state index contributed by atoms with van der Waals surface area (Å²) in [6.45, 7) is 4.19. The molecular weight excluding hydrogens is 534 g/mol. The molecule has 5 aromatic rings. The van der Waals surface area contributed by atoms with Crippen LogP contribution >= 0.6 is 0 Å². The predicted molar refractivity (Wildman–Crippen MR) is 172 cm³/mol. The highest BCUT2D eigenvalue weighted by Crippen LogP contribution is 2.53. The van der Waals surface area contributed by atoms with Crippen molar-refractivity contribution in [1.82, 2.24) is 0 Å². The standard InChI is InChI=1S/C38H33NO4/c1-4-42-37(40)39-28-17-15-27(16-18-28)38(26-11-6-5-7-12-26)21-20-31-32-22-24(2)34(41-3)23-33(32)30-19-14-25-10-8-9-13-29(25)35(30)36(31)43-38/h5-13,15-18,20-23H,4,14,19H2,1-3H3,(H,39,40). The number of hydrogen-bond donors (Lipinski definition) is 1. The molecule has 5 aromatic carbocycles. The Labute approximate surface area is 251 Å². The van der Waals surface area contributed by atoms with Crippen LogP contribution in [0.3, 0.4) is 0 Å². The SMILES string of the molecule is CCOC(=O)Nc1ccc(C2(c3ccccc3)C=Cc3c(c4c(c5cc(OC)c(C)cc35)CCc3ccccc3-4)O2)cc1. The van der Waals surface area contributed by atoms with E-state index < -0.39 is 11.7 Å². The van der Waals surface area contributed by atoms with Gasteiger partial charge >= 0.3 is 6.09 Å². The Morgan fingerprint density at radius 2 is 1.65 bits per heavy atom. The molecular formula is C38H33NO4. The van der Waals surface area contributed by atoms with Crippen LogP contribution in [0.2, 0.25) is 0 Å². The third kappa shape index (κ3) is 4.43. The van der Waals surface area contributed by atoms with Crippen LogP contribution in [0.4, 0.5) is 10.5 Å². The summed E-state index contributed by atoms with van der Waals surface area (Å²) in [6, 6.07) is 31.2. The monoisotopic (exact) mass is 567 g/mol. The molecule has 0 radical (unpaired) electrons. The van der Waals surface area contributed by atoms with Crippen molar-refractivity contribution in [1.29, 1.82) is 0 Å². The Morgan fingerprint density at radius 1 is 0.907 bits per heavy atom. The number of benzene rings is 5. The van der Waals surface area contributed by atoms with Gasteiger partial charge < -0.3 is 14.2 Å². The molecule has 7 rings (SSSR count). The van der Waals surface area contributed by atoms with E-state index >= 15 is 0 Å². The molecule has 214 valence electrons. The first kappa shape index (κ1) is 26.8. The lowest BCUT2D eigenvalue weighted by atomic mass is 9.78. The fourth-order valence-corrected chi connectivity index (χ4v) is 6.61. The first-order chi connectivity index (χ1) is 21.0. The Bertz CT molecular complexity index is 1890. The van der Waals surface area contributed by atoms with Crippen molar-refractivity contribution >= 4 is 28.6 Å². The van der Waals surface area contributed by atoms with Crippen LogP contribution in [-0.4, -0.2) is 19.8 Å². The van der Waals surface area contributed by atoms with Gasteiger partial charge in [0.1, 0.15) is 11.5 Å². The first-order valence-corrected chi connectivity index (χ1v) is 14.8. The lowest BCUT2D eigenvalue weighted by Crippen LogP contribution is -2.35. The fraction of sp³-hybridized carbons (Fsp3) is 0.184. The molecule has 1 amide bonds. The van der Waals surface area contributed by atoms with Crippen LogP contribution in [0.1, 0.15) is 40.3 Å². The zero-order valence-electron chi connectivity index (χ0n) is 24.6. The molecule has 1 unspecified atom stereocenters. The molecule has 5 heteroatoms. The Morgan fingerprint density at radius 3 is 2.42 bits per heavy atom. The number of aryl methyl sites for hydroxylation is 3. The molecule has 0 saturated heterocycles. The molecule has 0 saturated carbocycles. The van der Waals surface area contributed by atoms with E-state index in [0.717, 1.165) is 52.2 Å². The number of carbonyl (C=O) groups excluding carboxylic acids is 1. The maximum absolute atomic E-state index is 12.1. The molecule has 1 aliphatic carbocycles. The van der Waals surface area contributed by atoms with Gasteiger partial charge in [-0.2, -0.15) is 0 Å². The number of methoxy groups -OCH3 is 1. The highest BCUT2D eigenvalue weighted by molar-refractivity contribution is 6.04. The van der Waals surface area contributed by atoms with Crippen molar-refractivity contribution in [2.24, 2.45) is 0 Å². The zero-order chi connectivity index (χ0) is 29.6. The van der Waals surface area contributed by atoms with Gasteiger partial charge in [-0.05, 0) is 96.1 Å². The number of rotatable bonds is 5. The van der Waals surface area contributed by atoms with Gasteiger partial charge in [0.25, 0.3) is 0 Å². The third-order valence-electron chi connectivity index (χ3n) is 8.64. The van der Waals surface area contributed by atoms with Crippen molar-refractivity contribution in [3.63, 3.8) is 0 Å². The zero-order valence-corrected chi connectivity index (χ0v) is 24.6. The van der Waals surface area contributed by atoms with Crippen molar-refractivity contribution < 1.29 is 19.0 Å². The minimum Gasteiger partial charge on any atom is -0.496 e. The summed E-state index contributed by atoms with van der Waals surface area (Å²) in [6.07, 6.45) is 5.81. The summed E-state index contributed by atoms with van der Waals surface area (Å²) in [5.74, 6) is 1.78. The Kier molecular flexibility index (Phi) is 6.66. The van der Waals surface area contributed by atoms with Crippen LogP contribution in [0.25, 0.3) is 28.0 Å². The van der Waals surface area contributed by atoms with Gasteiger partial charge in [-0.15, -0.1) is 0 Å². The molecule has 5 nitrogen and oxygen atoms in total. The number of ether oxygens (including phenoxy) is 3. The van der Waals surface area contributed by atoms with E-state index in [4.69, 9.17) is 14.2 Å². The number of nitrogens with one attached hydrogen (secondary N) is 1. The van der Waals surface area contributed by atoms with E-state index in [2.05, 4.69) is 72.9 Å². The largest absolute Gasteiger partial charge is 0.496 e. The molecule has 0 spiro atoms. The second-order valence-electron chi connectivity index (χ2n) is 11.1. The summed E-state index contributed by atoms with van der Waals surface area (Å²) in [7, 11) is 1.74. The maximum atomic E-state index is 12.1. The summed E-state index contributed by atoms with van der Waals surface area (Å²) in [5.41, 5.74) is 8.90.